The maximum Gasteiger partial charge on any atom is 0.377 e. The van der Waals surface area contributed by atoms with Crippen molar-refractivity contribution in [2.45, 2.75) is 19.3 Å². The van der Waals surface area contributed by atoms with Crippen molar-refractivity contribution in [3.63, 3.8) is 0 Å². The van der Waals surface area contributed by atoms with Crippen molar-refractivity contribution >= 4 is 11.5 Å². The van der Waals surface area contributed by atoms with Crippen molar-refractivity contribution in [3.05, 3.63) is 41.5 Å². The molecule has 0 aromatic heterocycles. The number of rotatable bonds is 5. The van der Waals surface area contributed by atoms with E-state index >= 15 is 0 Å². The van der Waals surface area contributed by atoms with E-state index in [2.05, 4.69) is 4.74 Å². The van der Waals surface area contributed by atoms with E-state index in [-0.39, 0.29) is 17.7 Å². The molecule has 1 aromatic rings. The van der Waals surface area contributed by atoms with Gasteiger partial charge in [-0.1, -0.05) is 12.1 Å². The molecule has 0 saturated carbocycles. The van der Waals surface area contributed by atoms with Crippen LogP contribution < -0.4 is 0 Å². The standard InChI is InChI=1S/C14H11F4NO2/c1-2-21-13(20)14(17,18)7-11(12(15)16)10-5-3-9(8-19)4-6-10/h3-6H,2,7H2,1H3. The highest BCUT2D eigenvalue weighted by atomic mass is 19.3. The fraction of sp³-hybridized carbons (Fsp3) is 0.286. The number of nitriles is 1. The van der Waals surface area contributed by atoms with Crippen LogP contribution in [0.4, 0.5) is 17.6 Å². The Morgan fingerprint density at radius 2 is 1.86 bits per heavy atom. The van der Waals surface area contributed by atoms with Crippen molar-refractivity contribution in [1.29, 1.82) is 5.26 Å². The lowest BCUT2D eigenvalue weighted by Crippen LogP contribution is -2.31. The number of alkyl halides is 2. The second-order valence-electron chi connectivity index (χ2n) is 4.03. The summed E-state index contributed by atoms with van der Waals surface area (Å²) in [5.41, 5.74) is -0.940. The molecule has 0 heterocycles. The first kappa shape index (κ1) is 16.7. The van der Waals surface area contributed by atoms with Crippen molar-refractivity contribution in [2.24, 2.45) is 0 Å². The zero-order valence-electron chi connectivity index (χ0n) is 11.0. The monoisotopic (exact) mass is 301 g/mol. The maximum atomic E-state index is 13.6. The van der Waals surface area contributed by atoms with Gasteiger partial charge in [0.25, 0.3) is 6.08 Å². The lowest BCUT2D eigenvalue weighted by molar-refractivity contribution is -0.170. The zero-order valence-corrected chi connectivity index (χ0v) is 11.0. The Labute approximate surface area is 118 Å². The summed E-state index contributed by atoms with van der Waals surface area (Å²) in [7, 11) is 0. The van der Waals surface area contributed by atoms with Crippen LogP contribution >= 0.6 is 0 Å². The molecule has 0 atom stereocenters. The van der Waals surface area contributed by atoms with Gasteiger partial charge in [0.1, 0.15) is 0 Å². The van der Waals surface area contributed by atoms with Crippen LogP contribution in [0.25, 0.3) is 5.57 Å². The van der Waals surface area contributed by atoms with E-state index < -0.39 is 30.0 Å². The minimum Gasteiger partial charge on any atom is -0.462 e. The summed E-state index contributed by atoms with van der Waals surface area (Å²) in [4.78, 5) is 11.1. The van der Waals surface area contributed by atoms with Crippen LogP contribution in [0.3, 0.4) is 0 Å². The van der Waals surface area contributed by atoms with Crippen LogP contribution in [-0.4, -0.2) is 18.5 Å². The van der Waals surface area contributed by atoms with E-state index in [0.717, 1.165) is 12.1 Å². The number of carbonyl (C=O) groups is 1. The fourth-order valence-corrected chi connectivity index (χ4v) is 1.55. The number of esters is 1. The predicted octanol–water partition coefficient (Wildman–Crippen LogP) is 3.75. The first-order chi connectivity index (χ1) is 9.81. The Kier molecular flexibility index (Phi) is 5.47. The Morgan fingerprint density at radius 1 is 1.29 bits per heavy atom. The average molecular weight is 301 g/mol. The molecule has 0 bridgehead atoms. The highest BCUT2D eigenvalue weighted by molar-refractivity contribution is 5.81. The molecule has 3 nitrogen and oxygen atoms in total. The van der Waals surface area contributed by atoms with Crippen molar-refractivity contribution in [2.75, 3.05) is 6.61 Å². The van der Waals surface area contributed by atoms with Crippen LogP contribution in [0, 0.1) is 11.3 Å². The SMILES string of the molecule is CCOC(=O)C(F)(F)CC(=C(F)F)c1ccc(C#N)cc1. The molecule has 0 unspecified atom stereocenters. The minimum absolute atomic E-state index is 0.182. The summed E-state index contributed by atoms with van der Waals surface area (Å²) in [6.45, 7) is 1.06. The predicted molar refractivity (Wildman–Crippen MR) is 66.5 cm³/mol. The summed E-state index contributed by atoms with van der Waals surface area (Å²) in [6.07, 6.45) is -3.79. The largest absolute Gasteiger partial charge is 0.462 e. The van der Waals surface area contributed by atoms with Gasteiger partial charge in [0.05, 0.1) is 24.7 Å². The highest BCUT2D eigenvalue weighted by Crippen LogP contribution is 2.33. The molecule has 1 rings (SSSR count). The summed E-state index contributed by atoms with van der Waals surface area (Å²) in [5.74, 6) is -5.90. The first-order valence-corrected chi connectivity index (χ1v) is 5.91. The molecule has 0 radical (unpaired) electrons. The third-order valence-electron chi connectivity index (χ3n) is 2.56. The number of benzene rings is 1. The third-order valence-corrected chi connectivity index (χ3v) is 2.56. The number of carbonyl (C=O) groups excluding carboxylic acids is 1. The van der Waals surface area contributed by atoms with Gasteiger partial charge in [-0.3, -0.25) is 0 Å². The highest BCUT2D eigenvalue weighted by Gasteiger charge is 2.42. The molecule has 0 aliphatic carbocycles. The zero-order chi connectivity index (χ0) is 16.0. The molecular weight excluding hydrogens is 290 g/mol. The summed E-state index contributed by atoms with van der Waals surface area (Å²) >= 11 is 0. The van der Waals surface area contributed by atoms with Crippen molar-refractivity contribution in [3.8, 4) is 6.07 Å². The van der Waals surface area contributed by atoms with Gasteiger partial charge >= 0.3 is 11.9 Å². The second kappa shape index (κ2) is 6.88. The Balaban J connectivity index is 3.07. The number of hydrogen-bond acceptors (Lipinski definition) is 3. The van der Waals surface area contributed by atoms with Gasteiger partial charge in [0.2, 0.25) is 0 Å². The molecule has 0 spiro atoms. The van der Waals surface area contributed by atoms with Gasteiger partial charge in [-0.25, -0.2) is 4.79 Å². The number of halogens is 4. The van der Waals surface area contributed by atoms with Crippen LogP contribution in [0.1, 0.15) is 24.5 Å². The summed E-state index contributed by atoms with van der Waals surface area (Å²) in [6, 6.07) is 6.46. The van der Waals surface area contributed by atoms with Gasteiger partial charge < -0.3 is 4.74 Å². The first-order valence-electron chi connectivity index (χ1n) is 5.91. The van der Waals surface area contributed by atoms with Crippen LogP contribution in [0.5, 0.6) is 0 Å². The van der Waals surface area contributed by atoms with Gasteiger partial charge in [-0.05, 0) is 24.6 Å². The quantitative estimate of drug-likeness (QED) is 0.614. The summed E-state index contributed by atoms with van der Waals surface area (Å²) in [5, 5.41) is 8.60. The maximum absolute atomic E-state index is 13.6. The molecule has 0 amide bonds. The molecular formula is C14H11F4NO2. The third kappa shape index (κ3) is 4.31. The van der Waals surface area contributed by atoms with Crippen LogP contribution in [0.2, 0.25) is 0 Å². The Bertz CT molecular complexity index is 584. The molecule has 0 N–H and O–H groups in total. The van der Waals surface area contributed by atoms with E-state index in [1.807, 2.05) is 0 Å². The second-order valence-corrected chi connectivity index (χ2v) is 4.03. The number of nitrogens with zero attached hydrogens (tertiary/aromatic N) is 1. The van der Waals surface area contributed by atoms with E-state index in [0.29, 0.717) is 0 Å². The molecule has 21 heavy (non-hydrogen) atoms. The molecule has 0 aliphatic rings. The number of ether oxygens (including phenoxy) is 1. The van der Waals surface area contributed by atoms with Gasteiger partial charge in [-0.15, -0.1) is 0 Å². The van der Waals surface area contributed by atoms with Gasteiger partial charge in [-0.2, -0.15) is 22.8 Å². The lowest BCUT2D eigenvalue weighted by Gasteiger charge is -2.16. The molecule has 0 aliphatic heterocycles. The van der Waals surface area contributed by atoms with Crippen LogP contribution in [0.15, 0.2) is 30.3 Å². The normalized spacial score (nSPS) is 10.7. The fourth-order valence-electron chi connectivity index (χ4n) is 1.55. The number of hydrogen-bond donors (Lipinski definition) is 0. The molecule has 112 valence electrons. The van der Waals surface area contributed by atoms with Crippen LogP contribution in [-0.2, 0) is 9.53 Å². The summed E-state index contributed by atoms with van der Waals surface area (Å²) < 4.78 is 57.0. The van der Waals surface area contributed by atoms with E-state index in [9.17, 15) is 22.4 Å². The minimum atomic E-state index is -4.05. The van der Waals surface area contributed by atoms with Gasteiger partial charge in [0.15, 0.2) is 0 Å². The van der Waals surface area contributed by atoms with E-state index in [4.69, 9.17) is 5.26 Å². The van der Waals surface area contributed by atoms with Crippen molar-refractivity contribution in [1.82, 2.24) is 0 Å². The van der Waals surface area contributed by atoms with E-state index in [1.165, 1.54) is 19.1 Å². The molecule has 1 aromatic carbocycles. The Hall–Kier alpha value is -2.36. The molecule has 7 heteroatoms. The average Bonchev–Trinajstić information content (AvgIpc) is 2.45. The lowest BCUT2D eigenvalue weighted by atomic mass is 9.99. The molecule has 0 fully saturated rings. The smallest absolute Gasteiger partial charge is 0.377 e. The van der Waals surface area contributed by atoms with Gasteiger partial charge in [0, 0.05) is 5.57 Å². The topological polar surface area (TPSA) is 50.1 Å². The van der Waals surface area contributed by atoms with E-state index in [1.54, 1.807) is 6.07 Å². The van der Waals surface area contributed by atoms with Crippen molar-refractivity contribution < 1.29 is 27.1 Å². The number of allylic oxidation sites excluding steroid dienone is 1. The molecule has 0 saturated heterocycles. The Morgan fingerprint density at radius 3 is 2.29 bits per heavy atom.